The Bertz CT molecular complexity index is 1450. The fourth-order valence-electron chi connectivity index (χ4n) is 5.00. The first-order chi connectivity index (χ1) is 19.1. The zero-order valence-electron chi connectivity index (χ0n) is 21.7. The van der Waals surface area contributed by atoms with Gasteiger partial charge in [-0.2, -0.15) is 13.2 Å². The van der Waals surface area contributed by atoms with Crippen molar-refractivity contribution >= 4 is 23.1 Å². The highest BCUT2D eigenvalue weighted by molar-refractivity contribution is 6.07. The second-order valence-electron chi connectivity index (χ2n) is 9.84. The van der Waals surface area contributed by atoms with Crippen LogP contribution in [0.2, 0.25) is 0 Å². The number of anilines is 3. The Labute approximate surface area is 227 Å². The highest BCUT2D eigenvalue weighted by Crippen LogP contribution is 2.36. The number of rotatable bonds is 5. The molecule has 1 amide bonds. The van der Waals surface area contributed by atoms with Crippen LogP contribution in [0, 0.1) is 5.82 Å². The van der Waals surface area contributed by atoms with Crippen LogP contribution < -0.4 is 31.3 Å². The van der Waals surface area contributed by atoms with Gasteiger partial charge in [-0.25, -0.2) is 9.37 Å². The number of nitrogens with zero attached hydrogens (tertiary/aromatic N) is 3. The first-order valence-electron chi connectivity index (χ1n) is 13.0. The van der Waals surface area contributed by atoms with E-state index < -0.39 is 34.6 Å². The lowest BCUT2D eigenvalue weighted by Crippen LogP contribution is -2.49. The van der Waals surface area contributed by atoms with E-state index in [0.717, 1.165) is 32.4 Å². The van der Waals surface area contributed by atoms with Crippen LogP contribution in [0.25, 0.3) is 11.3 Å². The van der Waals surface area contributed by atoms with Gasteiger partial charge in [0, 0.05) is 69.7 Å². The smallest absolute Gasteiger partial charge is 0.367 e. The summed E-state index contributed by atoms with van der Waals surface area (Å²) < 4.78 is 56.6. The summed E-state index contributed by atoms with van der Waals surface area (Å²) in [7, 11) is 0. The largest absolute Gasteiger partial charge is 0.417 e. The number of alkyl halides is 3. The van der Waals surface area contributed by atoms with Crippen LogP contribution in [-0.4, -0.2) is 67.7 Å². The zero-order chi connectivity index (χ0) is 28.4. The molecule has 0 bridgehead atoms. The van der Waals surface area contributed by atoms with Crippen LogP contribution in [0.3, 0.4) is 0 Å². The third-order valence-electron chi connectivity index (χ3n) is 6.97. The predicted octanol–water partition coefficient (Wildman–Crippen LogP) is 3.05. The van der Waals surface area contributed by atoms with E-state index in [1.54, 1.807) is 12.1 Å². The maximum atomic E-state index is 15.7. The molecule has 3 aromatic rings. The number of pyridine rings is 2. The number of halogens is 4. The summed E-state index contributed by atoms with van der Waals surface area (Å²) in [5.74, 6) is -0.996. The average Bonchev–Trinajstić information content (AvgIpc) is 2.93. The number of aromatic nitrogens is 2. The molecule has 5 rings (SSSR count). The van der Waals surface area contributed by atoms with Gasteiger partial charge in [-0.15, -0.1) is 0 Å². The number of piperazine rings is 2. The van der Waals surface area contributed by atoms with Crippen LogP contribution in [0.4, 0.5) is 34.8 Å². The molecular formula is C27H29F4N7O2. The molecule has 1 atom stereocenters. The Morgan fingerprint density at radius 3 is 2.55 bits per heavy atom. The van der Waals surface area contributed by atoms with Crippen molar-refractivity contribution in [1.82, 2.24) is 20.6 Å². The fraction of sp³-hybridized carbons (Fsp3) is 0.370. The SMILES string of the molecule is C[C@H]1CN(c2cc(F)c(-c3cccc(N4CCNCC4)n3)cc2NC(=O)c2c[nH]c(=O)cc2C(F)(F)F)CCN1. The molecule has 9 nitrogen and oxygen atoms in total. The van der Waals surface area contributed by atoms with Gasteiger partial charge in [0.05, 0.1) is 28.2 Å². The van der Waals surface area contributed by atoms with Crippen molar-refractivity contribution in [2.75, 3.05) is 60.9 Å². The molecule has 2 aliphatic heterocycles. The Kier molecular flexibility index (Phi) is 7.76. The van der Waals surface area contributed by atoms with Gasteiger partial charge in [-0.05, 0) is 31.2 Å². The molecule has 2 aromatic heterocycles. The van der Waals surface area contributed by atoms with Gasteiger partial charge in [0.25, 0.3) is 5.91 Å². The molecule has 0 aliphatic carbocycles. The molecule has 212 valence electrons. The second-order valence-corrected chi connectivity index (χ2v) is 9.84. The molecule has 40 heavy (non-hydrogen) atoms. The maximum Gasteiger partial charge on any atom is 0.417 e. The van der Waals surface area contributed by atoms with Crippen molar-refractivity contribution in [2.24, 2.45) is 0 Å². The van der Waals surface area contributed by atoms with E-state index in [4.69, 9.17) is 0 Å². The molecule has 2 saturated heterocycles. The quantitative estimate of drug-likeness (QED) is 0.356. The Morgan fingerprint density at radius 2 is 1.82 bits per heavy atom. The molecule has 0 spiro atoms. The number of hydrogen-bond acceptors (Lipinski definition) is 7. The number of carbonyl (C=O) groups excluding carboxylic acids is 1. The molecule has 13 heteroatoms. The van der Waals surface area contributed by atoms with Gasteiger partial charge in [-0.3, -0.25) is 9.59 Å². The number of nitrogens with one attached hydrogen (secondary N) is 4. The molecular weight excluding hydrogens is 530 g/mol. The molecule has 0 unspecified atom stereocenters. The van der Waals surface area contributed by atoms with Gasteiger partial charge in [0.1, 0.15) is 11.6 Å². The van der Waals surface area contributed by atoms with Gasteiger partial charge in [0.2, 0.25) is 5.56 Å². The number of hydrogen-bond donors (Lipinski definition) is 4. The first-order valence-corrected chi connectivity index (χ1v) is 13.0. The molecule has 4 N–H and O–H groups in total. The highest BCUT2D eigenvalue weighted by atomic mass is 19.4. The van der Waals surface area contributed by atoms with Crippen LogP contribution in [0.15, 0.2) is 47.4 Å². The minimum absolute atomic E-state index is 0.0634. The third-order valence-corrected chi connectivity index (χ3v) is 6.97. The second kappa shape index (κ2) is 11.3. The summed E-state index contributed by atoms with van der Waals surface area (Å²) in [6, 6.07) is 8.33. The third kappa shape index (κ3) is 5.94. The molecule has 2 fully saturated rings. The number of benzene rings is 1. The monoisotopic (exact) mass is 559 g/mol. The van der Waals surface area contributed by atoms with Crippen molar-refractivity contribution in [3.05, 3.63) is 69.9 Å². The van der Waals surface area contributed by atoms with E-state index in [-0.39, 0.29) is 17.3 Å². The van der Waals surface area contributed by atoms with E-state index in [2.05, 4.69) is 30.8 Å². The lowest BCUT2D eigenvalue weighted by Gasteiger charge is -2.35. The minimum atomic E-state index is -4.93. The van der Waals surface area contributed by atoms with Gasteiger partial charge < -0.3 is 30.7 Å². The van der Waals surface area contributed by atoms with Crippen molar-refractivity contribution in [2.45, 2.75) is 19.1 Å². The molecule has 0 radical (unpaired) electrons. The van der Waals surface area contributed by atoms with Crippen molar-refractivity contribution in [1.29, 1.82) is 0 Å². The summed E-state index contributed by atoms with van der Waals surface area (Å²) in [4.78, 5) is 35.5. The van der Waals surface area contributed by atoms with E-state index in [0.29, 0.717) is 42.9 Å². The Hall–Kier alpha value is -3.97. The molecule has 0 saturated carbocycles. The van der Waals surface area contributed by atoms with Crippen LogP contribution in [0.1, 0.15) is 22.8 Å². The number of aromatic amines is 1. The standard InChI is InChI=1S/C27H29F4N7O2/c1-16-15-38(10-7-33-16)23-13-20(28)17(21-3-2-4-24(35-21)37-8-5-32-6-9-37)11-22(23)36-26(40)18-14-34-25(39)12-19(18)27(29,30)31/h2-4,11-14,16,32-33H,5-10,15H2,1H3,(H,34,39)(H,36,40)/t16-/m0/s1. The number of H-pyrrole nitrogens is 1. The summed E-state index contributed by atoms with van der Waals surface area (Å²) in [5.41, 5.74) is -2.22. The van der Waals surface area contributed by atoms with Crippen molar-refractivity contribution in [3.8, 4) is 11.3 Å². The first kappa shape index (κ1) is 27.6. The zero-order valence-corrected chi connectivity index (χ0v) is 21.7. The molecule has 4 heterocycles. The van der Waals surface area contributed by atoms with Crippen LogP contribution >= 0.6 is 0 Å². The molecule has 1 aromatic carbocycles. The Morgan fingerprint density at radius 1 is 1.07 bits per heavy atom. The fourth-order valence-corrected chi connectivity index (χ4v) is 5.00. The summed E-state index contributed by atoms with van der Waals surface area (Å²) in [6.07, 6.45) is -4.20. The summed E-state index contributed by atoms with van der Waals surface area (Å²) in [6.45, 7) is 6.60. The predicted molar refractivity (Wildman–Crippen MR) is 144 cm³/mol. The average molecular weight is 560 g/mol. The van der Waals surface area contributed by atoms with Crippen molar-refractivity contribution < 1.29 is 22.4 Å². The van der Waals surface area contributed by atoms with E-state index in [1.807, 2.05) is 17.9 Å². The Balaban J connectivity index is 1.56. The maximum absolute atomic E-state index is 15.7. The normalized spacial score (nSPS) is 18.1. The minimum Gasteiger partial charge on any atom is -0.367 e. The van der Waals surface area contributed by atoms with E-state index >= 15 is 4.39 Å². The summed E-state index contributed by atoms with van der Waals surface area (Å²) >= 11 is 0. The lowest BCUT2D eigenvalue weighted by atomic mass is 10.0. The van der Waals surface area contributed by atoms with Crippen LogP contribution in [0.5, 0.6) is 0 Å². The van der Waals surface area contributed by atoms with Crippen LogP contribution in [-0.2, 0) is 6.18 Å². The van der Waals surface area contributed by atoms with Gasteiger partial charge in [0.15, 0.2) is 0 Å². The summed E-state index contributed by atoms with van der Waals surface area (Å²) in [5, 5.41) is 9.10. The van der Waals surface area contributed by atoms with Gasteiger partial charge >= 0.3 is 6.18 Å². The topological polar surface area (TPSA) is 105 Å². The molecule has 2 aliphatic rings. The number of amides is 1. The lowest BCUT2D eigenvalue weighted by molar-refractivity contribution is -0.138. The highest BCUT2D eigenvalue weighted by Gasteiger charge is 2.36. The van der Waals surface area contributed by atoms with E-state index in [9.17, 15) is 22.8 Å². The van der Waals surface area contributed by atoms with Crippen molar-refractivity contribution in [3.63, 3.8) is 0 Å². The van der Waals surface area contributed by atoms with Gasteiger partial charge in [-0.1, -0.05) is 6.07 Å². The number of carbonyl (C=O) groups is 1. The van der Waals surface area contributed by atoms with E-state index in [1.165, 1.54) is 12.1 Å².